The highest BCUT2D eigenvalue weighted by atomic mass is 16.4. The molecule has 0 spiro atoms. The average molecular weight is 263 g/mol. The lowest BCUT2D eigenvalue weighted by molar-refractivity contribution is 0.455. The van der Waals surface area contributed by atoms with Crippen LogP contribution in [0.15, 0.2) is 27.4 Å². The highest BCUT2D eigenvalue weighted by Gasteiger charge is 2.09. The maximum absolute atomic E-state index is 11.4. The summed E-state index contributed by atoms with van der Waals surface area (Å²) in [5.41, 5.74) is 8.34. The Morgan fingerprint density at radius 2 is 2.16 bits per heavy atom. The van der Waals surface area contributed by atoms with Gasteiger partial charge in [0.2, 0.25) is 0 Å². The number of nitrogens with two attached hydrogens (primary N) is 1. The highest BCUT2D eigenvalue weighted by Crippen LogP contribution is 2.14. The molecule has 0 atom stereocenters. The molecule has 0 aliphatic carbocycles. The molecule has 2 rings (SSSR count). The summed E-state index contributed by atoms with van der Waals surface area (Å²) in [5, 5.41) is 3.35. The molecule has 0 fully saturated rings. The van der Waals surface area contributed by atoms with E-state index in [0.717, 1.165) is 30.6 Å². The molecule has 0 saturated heterocycles. The number of benzene rings is 1. The second-order valence-corrected chi connectivity index (χ2v) is 5.64. The fraction of sp³-hybridized carbons (Fsp3) is 0.500. The lowest BCUT2D eigenvalue weighted by Gasteiger charge is -2.18. The van der Waals surface area contributed by atoms with E-state index >= 15 is 0 Å². The minimum Gasteiger partial charge on any atom is -0.408 e. The molecule has 0 unspecified atom stereocenters. The fourth-order valence-electron chi connectivity index (χ4n) is 1.93. The van der Waals surface area contributed by atoms with E-state index in [1.54, 1.807) is 7.05 Å². The van der Waals surface area contributed by atoms with Gasteiger partial charge in [-0.15, -0.1) is 0 Å². The Kier molecular flexibility index (Phi) is 3.78. The van der Waals surface area contributed by atoms with Crippen molar-refractivity contribution in [3.63, 3.8) is 0 Å². The number of oxazole rings is 1. The van der Waals surface area contributed by atoms with Gasteiger partial charge in [-0.3, -0.25) is 4.57 Å². The third-order valence-electron chi connectivity index (χ3n) is 3.13. The summed E-state index contributed by atoms with van der Waals surface area (Å²) in [5.74, 6) is -0.329. The zero-order chi connectivity index (χ0) is 14.0. The second kappa shape index (κ2) is 5.19. The Morgan fingerprint density at radius 1 is 1.42 bits per heavy atom. The molecule has 3 N–H and O–H groups in total. The quantitative estimate of drug-likeness (QED) is 0.799. The Morgan fingerprint density at radius 3 is 2.84 bits per heavy atom. The number of aryl methyl sites for hydroxylation is 1. The zero-order valence-corrected chi connectivity index (χ0v) is 11.7. The lowest BCUT2D eigenvalue weighted by Crippen LogP contribution is -2.35. The van der Waals surface area contributed by atoms with Gasteiger partial charge in [0.15, 0.2) is 5.58 Å². The second-order valence-electron chi connectivity index (χ2n) is 5.64. The normalized spacial score (nSPS) is 12.2. The van der Waals surface area contributed by atoms with E-state index in [1.165, 1.54) is 4.57 Å². The van der Waals surface area contributed by atoms with Crippen molar-refractivity contribution < 1.29 is 4.42 Å². The molecule has 0 radical (unpaired) electrons. The summed E-state index contributed by atoms with van der Waals surface area (Å²) in [7, 11) is 1.71. The van der Waals surface area contributed by atoms with Crippen molar-refractivity contribution in [1.82, 2.24) is 9.88 Å². The first-order chi connectivity index (χ1) is 8.87. The molecule has 0 saturated carbocycles. The topological polar surface area (TPSA) is 73.2 Å². The Bertz CT molecular complexity index is 620. The number of hydrogen-bond donors (Lipinski definition) is 2. The molecular formula is C14H21N3O2. The third-order valence-corrected chi connectivity index (χ3v) is 3.13. The number of nitrogens with zero attached hydrogens (tertiary/aromatic N) is 1. The van der Waals surface area contributed by atoms with Gasteiger partial charge < -0.3 is 15.5 Å². The summed E-state index contributed by atoms with van der Waals surface area (Å²) >= 11 is 0. The summed E-state index contributed by atoms with van der Waals surface area (Å²) in [6.07, 6.45) is 0.916. The molecule has 2 aromatic rings. The van der Waals surface area contributed by atoms with Gasteiger partial charge in [0.1, 0.15) is 0 Å². The van der Waals surface area contributed by atoms with Crippen LogP contribution in [0.3, 0.4) is 0 Å². The van der Waals surface area contributed by atoms with E-state index in [4.69, 9.17) is 10.2 Å². The van der Waals surface area contributed by atoms with Crippen molar-refractivity contribution in [3.8, 4) is 0 Å². The van der Waals surface area contributed by atoms with Gasteiger partial charge in [0, 0.05) is 19.1 Å². The summed E-state index contributed by atoms with van der Waals surface area (Å²) < 4.78 is 6.61. The molecule has 19 heavy (non-hydrogen) atoms. The maximum atomic E-state index is 11.4. The van der Waals surface area contributed by atoms with Gasteiger partial charge in [-0.1, -0.05) is 6.07 Å². The van der Waals surface area contributed by atoms with Gasteiger partial charge in [-0.25, -0.2) is 4.79 Å². The van der Waals surface area contributed by atoms with Crippen LogP contribution >= 0.6 is 0 Å². The van der Waals surface area contributed by atoms with Gasteiger partial charge in [-0.2, -0.15) is 0 Å². The molecule has 0 amide bonds. The molecule has 5 heteroatoms. The smallest absolute Gasteiger partial charge is 0.408 e. The van der Waals surface area contributed by atoms with E-state index < -0.39 is 0 Å². The van der Waals surface area contributed by atoms with Gasteiger partial charge in [0.25, 0.3) is 0 Å². The summed E-state index contributed by atoms with van der Waals surface area (Å²) in [4.78, 5) is 11.4. The zero-order valence-electron chi connectivity index (χ0n) is 11.7. The number of hydrogen-bond acceptors (Lipinski definition) is 4. The SMILES string of the molecule is Cn1c(=O)oc2ccc(CNCCC(C)(C)N)cc21. The predicted octanol–water partition coefficient (Wildman–Crippen LogP) is 1.35. The third kappa shape index (κ3) is 3.45. The Labute approximate surface area is 112 Å². The van der Waals surface area contributed by atoms with Gasteiger partial charge in [-0.05, 0) is 44.5 Å². The van der Waals surface area contributed by atoms with Gasteiger partial charge in [0.05, 0.1) is 5.52 Å². The van der Waals surface area contributed by atoms with Crippen LogP contribution in [-0.2, 0) is 13.6 Å². The van der Waals surface area contributed by atoms with Crippen molar-refractivity contribution in [2.24, 2.45) is 12.8 Å². The minimum absolute atomic E-state index is 0.147. The van der Waals surface area contributed by atoms with Crippen LogP contribution in [0.4, 0.5) is 0 Å². The average Bonchev–Trinajstić information content (AvgIpc) is 2.60. The number of rotatable bonds is 5. The monoisotopic (exact) mass is 263 g/mol. The molecule has 104 valence electrons. The number of fused-ring (bicyclic) bond motifs is 1. The van der Waals surface area contributed by atoms with Crippen LogP contribution in [-0.4, -0.2) is 16.7 Å². The van der Waals surface area contributed by atoms with Crippen LogP contribution in [0.2, 0.25) is 0 Å². The molecular weight excluding hydrogens is 242 g/mol. The first kappa shape index (κ1) is 13.8. The minimum atomic E-state index is -0.329. The van der Waals surface area contributed by atoms with Crippen LogP contribution in [0.5, 0.6) is 0 Å². The fourth-order valence-corrected chi connectivity index (χ4v) is 1.93. The largest absolute Gasteiger partial charge is 0.419 e. The predicted molar refractivity (Wildman–Crippen MR) is 76.0 cm³/mol. The first-order valence-corrected chi connectivity index (χ1v) is 6.45. The van der Waals surface area contributed by atoms with Crippen LogP contribution < -0.4 is 16.8 Å². The molecule has 0 aliphatic rings. The molecule has 0 bridgehead atoms. The van der Waals surface area contributed by atoms with E-state index in [9.17, 15) is 4.79 Å². The molecule has 1 aromatic carbocycles. The Balaban J connectivity index is 2.02. The van der Waals surface area contributed by atoms with Crippen molar-refractivity contribution in [2.45, 2.75) is 32.4 Å². The van der Waals surface area contributed by atoms with E-state index in [0.29, 0.717) is 5.58 Å². The molecule has 1 heterocycles. The van der Waals surface area contributed by atoms with Crippen LogP contribution in [0.25, 0.3) is 11.1 Å². The lowest BCUT2D eigenvalue weighted by atomic mass is 10.0. The van der Waals surface area contributed by atoms with E-state index in [2.05, 4.69) is 5.32 Å². The van der Waals surface area contributed by atoms with Crippen molar-refractivity contribution >= 4 is 11.1 Å². The highest BCUT2D eigenvalue weighted by molar-refractivity contribution is 5.73. The molecule has 1 aromatic heterocycles. The summed E-state index contributed by atoms with van der Waals surface area (Å²) in [6, 6.07) is 5.77. The Hall–Kier alpha value is -1.59. The number of nitrogens with one attached hydrogen (secondary N) is 1. The van der Waals surface area contributed by atoms with Crippen LogP contribution in [0.1, 0.15) is 25.8 Å². The van der Waals surface area contributed by atoms with E-state index in [1.807, 2.05) is 32.0 Å². The van der Waals surface area contributed by atoms with Crippen LogP contribution in [0, 0.1) is 0 Å². The van der Waals surface area contributed by atoms with E-state index in [-0.39, 0.29) is 11.3 Å². The molecule has 0 aliphatic heterocycles. The van der Waals surface area contributed by atoms with Crippen molar-refractivity contribution in [3.05, 3.63) is 34.3 Å². The summed E-state index contributed by atoms with van der Waals surface area (Å²) in [6.45, 7) is 5.65. The maximum Gasteiger partial charge on any atom is 0.419 e. The molecule has 5 nitrogen and oxygen atoms in total. The van der Waals surface area contributed by atoms with Crippen molar-refractivity contribution in [1.29, 1.82) is 0 Å². The van der Waals surface area contributed by atoms with Gasteiger partial charge >= 0.3 is 5.76 Å². The first-order valence-electron chi connectivity index (χ1n) is 6.45. The van der Waals surface area contributed by atoms with Crippen molar-refractivity contribution in [2.75, 3.05) is 6.54 Å². The number of aromatic nitrogens is 1. The standard InChI is InChI=1S/C14H21N3O2/c1-14(2,15)6-7-16-9-10-4-5-12-11(8-10)17(3)13(18)19-12/h4-5,8,16H,6-7,9,15H2,1-3H3.